The van der Waals surface area contributed by atoms with Crippen LogP contribution in [-0.4, -0.2) is 40.4 Å². The first-order valence-corrected chi connectivity index (χ1v) is 5.54. The van der Waals surface area contributed by atoms with Crippen LogP contribution in [0.4, 0.5) is 0 Å². The molecule has 0 atom stereocenters. The molecule has 1 rings (SSSR count). The number of carbonyl (C=O) groups is 1. The Kier molecular flexibility index (Phi) is 2.36. The van der Waals surface area contributed by atoms with Crippen molar-refractivity contribution in [3.63, 3.8) is 0 Å². The summed E-state index contributed by atoms with van der Waals surface area (Å²) in [4.78, 5) is 14.7. The Balaban J connectivity index is 2.80. The van der Waals surface area contributed by atoms with Gasteiger partial charge in [0.05, 0.1) is 0 Å². The zero-order chi connectivity index (χ0) is 7.78. The minimum absolute atomic E-state index is 0.0203. The van der Waals surface area contributed by atoms with Gasteiger partial charge in [0.15, 0.2) is 0 Å². The molecular weight excluding hydrogens is 260 g/mol. The first kappa shape index (κ1) is 8.48. The number of rotatable bonds is 0. The van der Waals surface area contributed by atoms with E-state index in [-0.39, 0.29) is 10.2 Å². The summed E-state index contributed by atoms with van der Waals surface area (Å²) in [6.07, 6.45) is 0.609. The fourth-order valence-electron chi connectivity index (χ4n) is 0.801. The zero-order valence-electron chi connectivity index (χ0n) is 5.88. The van der Waals surface area contributed by atoms with Gasteiger partial charge in [0.1, 0.15) is 0 Å². The number of hydrogen-bond donors (Lipinski definition) is 0. The third-order valence-electron chi connectivity index (χ3n) is 1.16. The standard InChI is InChI=1S/C6H8NOSe2/c1-6(2)3-4(8)7-5(9)10-6/h3H2,1-2H3. The van der Waals surface area contributed by atoms with E-state index in [1.807, 2.05) is 0 Å². The third-order valence-corrected chi connectivity index (χ3v) is 4.28. The molecule has 1 heterocycles. The van der Waals surface area contributed by atoms with Gasteiger partial charge in [-0.3, -0.25) is 0 Å². The van der Waals surface area contributed by atoms with Crippen LogP contribution in [0.1, 0.15) is 20.3 Å². The van der Waals surface area contributed by atoms with Gasteiger partial charge in [0, 0.05) is 0 Å². The van der Waals surface area contributed by atoms with Crippen LogP contribution in [0, 0.1) is 0 Å². The van der Waals surface area contributed by atoms with Crippen LogP contribution >= 0.6 is 0 Å². The fourth-order valence-corrected chi connectivity index (χ4v) is 5.19. The molecule has 4 heteroatoms. The van der Waals surface area contributed by atoms with Crippen LogP contribution in [0.3, 0.4) is 0 Å². The van der Waals surface area contributed by atoms with Gasteiger partial charge in [-0.1, -0.05) is 0 Å². The molecule has 0 N–H and O–H groups in total. The summed E-state index contributed by atoms with van der Waals surface area (Å²) in [7, 11) is 0. The Morgan fingerprint density at radius 2 is 2.30 bits per heavy atom. The van der Waals surface area contributed by atoms with Gasteiger partial charge in [-0.15, -0.1) is 0 Å². The Bertz CT molecular complexity index is 198. The van der Waals surface area contributed by atoms with E-state index in [1.54, 1.807) is 0 Å². The van der Waals surface area contributed by atoms with Crippen molar-refractivity contribution in [1.29, 1.82) is 0 Å². The maximum atomic E-state index is 10.9. The van der Waals surface area contributed by atoms with E-state index in [0.29, 0.717) is 21.4 Å². The van der Waals surface area contributed by atoms with Gasteiger partial charge >= 0.3 is 74.8 Å². The summed E-state index contributed by atoms with van der Waals surface area (Å²) < 4.78 is 1.08. The molecule has 55 valence electrons. The summed E-state index contributed by atoms with van der Waals surface area (Å²) >= 11 is 3.18. The zero-order valence-corrected chi connectivity index (χ0v) is 9.31. The van der Waals surface area contributed by atoms with Crippen LogP contribution in [-0.2, 0) is 4.79 Å². The van der Waals surface area contributed by atoms with Crippen LogP contribution in [0.2, 0.25) is 4.31 Å². The topological polar surface area (TPSA) is 29.4 Å². The van der Waals surface area contributed by atoms with Gasteiger partial charge < -0.3 is 0 Å². The van der Waals surface area contributed by atoms with Crippen molar-refractivity contribution in [3.8, 4) is 0 Å². The summed E-state index contributed by atoms with van der Waals surface area (Å²) in [5.74, 6) is 0.0203. The second-order valence-corrected chi connectivity index (χ2v) is 8.49. The van der Waals surface area contributed by atoms with Gasteiger partial charge in [-0.25, -0.2) is 0 Å². The number of aliphatic imine (C=N–C) groups is 1. The van der Waals surface area contributed by atoms with Crippen molar-refractivity contribution in [3.05, 3.63) is 0 Å². The third kappa shape index (κ3) is 2.21. The summed E-state index contributed by atoms with van der Waals surface area (Å²) in [5, 5.41) is 0. The molecule has 10 heavy (non-hydrogen) atoms. The van der Waals surface area contributed by atoms with Crippen molar-refractivity contribution in [2.75, 3.05) is 0 Å². The molecule has 0 saturated carbocycles. The molecule has 0 aromatic carbocycles. The van der Waals surface area contributed by atoms with Crippen molar-refractivity contribution < 1.29 is 4.79 Å². The Morgan fingerprint density at radius 3 is 2.70 bits per heavy atom. The molecule has 0 bridgehead atoms. The van der Waals surface area contributed by atoms with Crippen molar-refractivity contribution in [2.24, 2.45) is 4.99 Å². The van der Waals surface area contributed by atoms with E-state index in [0.717, 1.165) is 3.51 Å². The van der Waals surface area contributed by atoms with E-state index in [4.69, 9.17) is 0 Å². The molecular formula is C6H8NOSe2. The van der Waals surface area contributed by atoms with Crippen molar-refractivity contribution in [1.82, 2.24) is 0 Å². The molecule has 0 spiro atoms. The molecule has 0 aromatic heterocycles. The van der Waals surface area contributed by atoms with Gasteiger partial charge in [0.25, 0.3) is 0 Å². The van der Waals surface area contributed by atoms with Crippen molar-refractivity contribution >= 4 is 40.4 Å². The summed E-state index contributed by atoms with van der Waals surface area (Å²) in [5.41, 5.74) is 0. The Labute approximate surface area is 74.8 Å². The number of hydrogen-bond acceptors (Lipinski definition) is 1. The predicted molar refractivity (Wildman–Crippen MR) is 42.6 cm³/mol. The van der Waals surface area contributed by atoms with E-state index in [1.165, 1.54) is 0 Å². The first-order chi connectivity index (χ1) is 4.49. The fraction of sp³-hybridized carbons (Fsp3) is 0.667. The molecule has 0 aliphatic carbocycles. The average Bonchev–Trinajstić information content (AvgIpc) is 1.54. The van der Waals surface area contributed by atoms with Crippen LogP contribution in [0.15, 0.2) is 4.99 Å². The summed E-state index contributed by atoms with van der Waals surface area (Å²) in [6.45, 7) is 4.22. The second kappa shape index (κ2) is 2.78. The number of nitrogens with zero attached hydrogens (tertiary/aromatic N) is 1. The number of carbonyl (C=O) groups excluding carboxylic acids is 1. The van der Waals surface area contributed by atoms with E-state index >= 15 is 0 Å². The minimum atomic E-state index is 0.0203. The molecule has 1 amide bonds. The quantitative estimate of drug-likeness (QED) is 0.583. The molecule has 1 radical (unpaired) electrons. The Morgan fingerprint density at radius 1 is 1.70 bits per heavy atom. The maximum absolute atomic E-state index is 10.9. The molecule has 0 unspecified atom stereocenters. The van der Waals surface area contributed by atoms with Gasteiger partial charge in [0.2, 0.25) is 0 Å². The van der Waals surface area contributed by atoms with Gasteiger partial charge in [-0.05, 0) is 0 Å². The van der Waals surface area contributed by atoms with Crippen LogP contribution in [0.25, 0.3) is 0 Å². The van der Waals surface area contributed by atoms with Crippen LogP contribution < -0.4 is 0 Å². The SMILES string of the molecule is CC1(C)CC(=O)N=C([Se])[Se]1. The summed E-state index contributed by atoms with van der Waals surface area (Å²) in [6, 6.07) is 0. The van der Waals surface area contributed by atoms with E-state index < -0.39 is 0 Å². The molecule has 0 aromatic rings. The van der Waals surface area contributed by atoms with Crippen LogP contribution in [0.5, 0.6) is 0 Å². The normalized spacial score (nSPS) is 24.2. The average molecular weight is 268 g/mol. The van der Waals surface area contributed by atoms with E-state index in [2.05, 4.69) is 34.9 Å². The Hall–Kier alpha value is 0.379. The predicted octanol–water partition coefficient (Wildman–Crippen LogP) is 0.344. The molecule has 0 fully saturated rings. The molecule has 2 nitrogen and oxygen atoms in total. The molecule has 1 aliphatic heterocycles. The number of amides is 1. The monoisotopic (exact) mass is 270 g/mol. The second-order valence-electron chi connectivity index (χ2n) is 2.81. The van der Waals surface area contributed by atoms with Gasteiger partial charge in [-0.2, -0.15) is 0 Å². The van der Waals surface area contributed by atoms with E-state index in [9.17, 15) is 4.79 Å². The molecule has 0 saturated heterocycles. The van der Waals surface area contributed by atoms with Crippen molar-refractivity contribution in [2.45, 2.75) is 24.6 Å². The molecule has 1 aliphatic rings. The first-order valence-electron chi connectivity index (χ1n) is 2.97.